The van der Waals surface area contributed by atoms with E-state index in [4.69, 9.17) is 5.26 Å². The Morgan fingerprint density at radius 1 is 1.20 bits per heavy atom. The molecule has 0 fully saturated rings. The van der Waals surface area contributed by atoms with Crippen LogP contribution >= 0.6 is 0 Å². The van der Waals surface area contributed by atoms with Crippen LogP contribution < -0.4 is 4.74 Å². The van der Waals surface area contributed by atoms with Crippen molar-refractivity contribution in [3.63, 3.8) is 0 Å². The number of benzene rings is 1. The first-order valence-corrected chi connectivity index (χ1v) is 3.93. The highest BCUT2D eigenvalue weighted by atomic mass is 19.4. The zero-order valence-electron chi connectivity index (χ0n) is 7.45. The summed E-state index contributed by atoms with van der Waals surface area (Å²) in [5, 5.41) is 8.22. The summed E-state index contributed by atoms with van der Waals surface area (Å²) in [7, 11) is 0. The van der Waals surface area contributed by atoms with Gasteiger partial charge in [-0.05, 0) is 23.8 Å². The molecule has 0 N–H and O–H groups in total. The topological polar surface area (TPSA) is 33.0 Å². The van der Waals surface area contributed by atoms with Crippen molar-refractivity contribution in [3.05, 3.63) is 35.9 Å². The van der Waals surface area contributed by atoms with E-state index in [-0.39, 0.29) is 5.75 Å². The molecule has 0 atom stereocenters. The molecule has 5 heteroatoms. The molecule has 0 aromatic heterocycles. The largest absolute Gasteiger partial charge is 0.573 e. The summed E-state index contributed by atoms with van der Waals surface area (Å²) in [6.07, 6.45) is -1.96. The zero-order valence-corrected chi connectivity index (χ0v) is 7.45. The maximum atomic E-state index is 11.8. The summed E-state index contributed by atoms with van der Waals surface area (Å²) in [4.78, 5) is 0. The third-order valence-corrected chi connectivity index (χ3v) is 1.46. The molecular weight excluding hydrogens is 207 g/mol. The minimum absolute atomic E-state index is 0.281. The summed E-state index contributed by atoms with van der Waals surface area (Å²) in [6.45, 7) is 0. The van der Waals surface area contributed by atoms with Gasteiger partial charge in [-0.1, -0.05) is 12.1 Å². The van der Waals surface area contributed by atoms with Gasteiger partial charge in [0.2, 0.25) is 0 Å². The second-order valence-corrected chi connectivity index (χ2v) is 2.58. The van der Waals surface area contributed by atoms with Gasteiger partial charge in [-0.15, -0.1) is 13.2 Å². The molecule has 0 aliphatic heterocycles. The fourth-order valence-electron chi connectivity index (χ4n) is 0.914. The van der Waals surface area contributed by atoms with Crippen LogP contribution in [0.5, 0.6) is 5.75 Å². The highest BCUT2D eigenvalue weighted by molar-refractivity contribution is 5.52. The standard InChI is InChI=1S/C10H6F3NO/c11-10(12,13)15-9-5-3-8(4-6-9)2-1-7-14/h1-6H/b2-1-. The van der Waals surface area contributed by atoms with Crippen molar-refractivity contribution in [3.8, 4) is 11.8 Å². The molecule has 0 unspecified atom stereocenters. The average Bonchev–Trinajstić information content (AvgIpc) is 2.14. The van der Waals surface area contributed by atoms with E-state index in [1.54, 1.807) is 6.07 Å². The Bertz CT molecular complexity index is 387. The van der Waals surface area contributed by atoms with Crippen LogP contribution in [0.4, 0.5) is 13.2 Å². The van der Waals surface area contributed by atoms with Crippen molar-refractivity contribution in [2.45, 2.75) is 6.36 Å². The lowest BCUT2D eigenvalue weighted by Crippen LogP contribution is -2.16. The van der Waals surface area contributed by atoms with Gasteiger partial charge >= 0.3 is 6.36 Å². The first-order chi connectivity index (χ1) is 7.01. The van der Waals surface area contributed by atoms with E-state index in [0.29, 0.717) is 5.56 Å². The molecule has 2 nitrogen and oxygen atoms in total. The Hall–Kier alpha value is -1.96. The van der Waals surface area contributed by atoms with Crippen LogP contribution in [0.2, 0.25) is 0 Å². The van der Waals surface area contributed by atoms with Gasteiger partial charge in [0, 0.05) is 6.08 Å². The lowest BCUT2D eigenvalue weighted by Gasteiger charge is -2.08. The highest BCUT2D eigenvalue weighted by Gasteiger charge is 2.30. The number of hydrogen-bond donors (Lipinski definition) is 0. The molecule has 0 saturated carbocycles. The molecule has 0 amide bonds. The molecule has 15 heavy (non-hydrogen) atoms. The third-order valence-electron chi connectivity index (χ3n) is 1.46. The zero-order chi connectivity index (χ0) is 11.3. The SMILES string of the molecule is N#C/C=C\c1ccc(OC(F)(F)F)cc1. The third kappa shape index (κ3) is 4.18. The predicted octanol–water partition coefficient (Wildman–Crippen LogP) is 3.12. The Labute approximate surface area is 84.2 Å². The average molecular weight is 213 g/mol. The summed E-state index contributed by atoms with van der Waals surface area (Å²) >= 11 is 0. The van der Waals surface area contributed by atoms with Crippen LogP contribution in [0.15, 0.2) is 30.3 Å². The molecule has 1 aromatic carbocycles. The Balaban J connectivity index is 2.74. The van der Waals surface area contributed by atoms with E-state index < -0.39 is 6.36 Å². The molecule has 0 aliphatic carbocycles. The van der Waals surface area contributed by atoms with Crippen molar-refractivity contribution in [2.75, 3.05) is 0 Å². The van der Waals surface area contributed by atoms with E-state index in [1.165, 1.54) is 36.4 Å². The Morgan fingerprint density at radius 3 is 2.27 bits per heavy atom. The van der Waals surface area contributed by atoms with Gasteiger partial charge in [0.25, 0.3) is 0 Å². The number of ether oxygens (including phenoxy) is 1. The van der Waals surface area contributed by atoms with Gasteiger partial charge in [-0.3, -0.25) is 0 Å². The van der Waals surface area contributed by atoms with Gasteiger partial charge in [-0.25, -0.2) is 0 Å². The highest BCUT2D eigenvalue weighted by Crippen LogP contribution is 2.22. The first-order valence-electron chi connectivity index (χ1n) is 3.93. The Morgan fingerprint density at radius 2 is 1.80 bits per heavy atom. The van der Waals surface area contributed by atoms with Crippen LogP contribution in [0.1, 0.15) is 5.56 Å². The van der Waals surface area contributed by atoms with E-state index in [9.17, 15) is 13.2 Å². The van der Waals surface area contributed by atoms with Crippen LogP contribution in [-0.4, -0.2) is 6.36 Å². The van der Waals surface area contributed by atoms with E-state index >= 15 is 0 Å². The van der Waals surface area contributed by atoms with Crippen molar-refractivity contribution in [1.82, 2.24) is 0 Å². The summed E-state index contributed by atoms with van der Waals surface area (Å²) in [5.41, 5.74) is 0.631. The van der Waals surface area contributed by atoms with Gasteiger partial charge in [0.1, 0.15) is 5.75 Å². The van der Waals surface area contributed by atoms with E-state index in [0.717, 1.165) is 0 Å². The minimum atomic E-state index is -4.68. The fraction of sp³-hybridized carbons (Fsp3) is 0.100. The van der Waals surface area contributed by atoms with Crippen LogP contribution in [0.3, 0.4) is 0 Å². The summed E-state index contributed by atoms with van der Waals surface area (Å²) in [5.74, 6) is -0.281. The molecule has 0 radical (unpaired) electrons. The summed E-state index contributed by atoms with van der Waals surface area (Å²) < 4.78 is 39.0. The quantitative estimate of drug-likeness (QED) is 0.707. The van der Waals surface area contributed by atoms with Crippen molar-refractivity contribution < 1.29 is 17.9 Å². The monoisotopic (exact) mass is 213 g/mol. The van der Waals surface area contributed by atoms with Crippen LogP contribution in [0.25, 0.3) is 6.08 Å². The normalized spacial score (nSPS) is 11.3. The molecule has 0 aliphatic rings. The number of alkyl halides is 3. The van der Waals surface area contributed by atoms with Gasteiger partial charge in [-0.2, -0.15) is 5.26 Å². The van der Waals surface area contributed by atoms with Gasteiger partial charge in [0.15, 0.2) is 0 Å². The lowest BCUT2D eigenvalue weighted by atomic mass is 10.2. The van der Waals surface area contributed by atoms with Crippen molar-refractivity contribution >= 4 is 6.08 Å². The summed E-state index contributed by atoms with van der Waals surface area (Å²) in [6, 6.07) is 7.00. The number of rotatable bonds is 2. The number of nitrogens with zero attached hydrogens (tertiary/aromatic N) is 1. The van der Waals surface area contributed by atoms with E-state index in [1.807, 2.05) is 0 Å². The Kier molecular flexibility index (Phi) is 3.34. The molecule has 1 rings (SSSR count). The first kappa shape index (κ1) is 11.1. The van der Waals surface area contributed by atoms with Gasteiger partial charge < -0.3 is 4.74 Å². The number of hydrogen-bond acceptors (Lipinski definition) is 2. The van der Waals surface area contributed by atoms with Crippen LogP contribution in [0, 0.1) is 11.3 Å². The molecule has 78 valence electrons. The van der Waals surface area contributed by atoms with Crippen molar-refractivity contribution in [2.24, 2.45) is 0 Å². The number of halogens is 3. The molecule has 0 bridgehead atoms. The predicted molar refractivity (Wildman–Crippen MR) is 47.8 cm³/mol. The molecular formula is C10H6F3NO. The smallest absolute Gasteiger partial charge is 0.406 e. The van der Waals surface area contributed by atoms with Crippen molar-refractivity contribution in [1.29, 1.82) is 5.26 Å². The fourth-order valence-corrected chi connectivity index (χ4v) is 0.914. The molecule has 1 aromatic rings. The lowest BCUT2D eigenvalue weighted by molar-refractivity contribution is -0.274. The minimum Gasteiger partial charge on any atom is -0.406 e. The molecule has 0 heterocycles. The number of nitriles is 1. The second kappa shape index (κ2) is 4.51. The number of allylic oxidation sites excluding steroid dienone is 1. The maximum absolute atomic E-state index is 11.8. The molecule has 0 saturated heterocycles. The van der Waals surface area contributed by atoms with Gasteiger partial charge in [0.05, 0.1) is 6.07 Å². The second-order valence-electron chi connectivity index (χ2n) is 2.58. The van der Waals surface area contributed by atoms with E-state index in [2.05, 4.69) is 4.74 Å². The molecule has 0 spiro atoms. The maximum Gasteiger partial charge on any atom is 0.573 e. The van der Waals surface area contributed by atoms with Crippen LogP contribution in [-0.2, 0) is 0 Å².